The molecule has 0 saturated carbocycles. The zero-order chi connectivity index (χ0) is 13.1. The zero-order valence-corrected chi connectivity index (χ0v) is 11.5. The van der Waals surface area contributed by atoms with E-state index >= 15 is 0 Å². The van der Waals surface area contributed by atoms with Gasteiger partial charge >= 0.3 is 0 Å². The Labute approximate surface area is 113 Å². The topological polar surface area (TPSA) is 36.3 Å². The lowest BCUT2D eigenvalue weighted by Gasteiger charge is -2.39. The minimum atomic E-state index is 0.361. The largest absolute Gasteiger partial charge is 0.494 e. The minimum absolute atomic E-state index is 0.361. The van der Waals surface area contributed by atoms with Gasteiger partial charge in [-0.15, -0.1) is 0 Å². The summed E-state index contributed by atoms with van der Waals surface area (Å²) in [4.78, 5) is 2.34. The van der Waals surface area contributed by atoms with Crippen LogP contribution in [0.4, 0.5) is 0 Å². The van der Waals surface area contributed by atoms with Crippen molar-refractivity contribution in [2.75, 3.05) is 26.2 Å². The fraction of sp³-hybridized carbons (Fsp3) is 0.500. The first-order valence-electron chi connectivity index (χ1n) is 6.28. The SMILES string of the molecule is CCOc1ccc(Cl)c(C#N)c1C1CN(CC)C1. The lowest BCUT2D eigenvalue weighted by molar-refractivity contribution is 0.154. The number of nitriles is 1. The molecule has 0 aromatic heterocycles. The van der Waals surface area contributed by atoms with Gasteiger partial charge in [-0.2, -0.15) is 5.26 Å². The van der Waals surface area contributed by atoms with E-state index in [-0.39, 0.29) is 0 Å². The van der Waals surface area contributed by atoms with E-state index in [0.717, 1.165) is 30.9 Å². The number of hydrogen-bond donors (Lipinski definition) is 0. The maximum Gasteiger partial charge on any atom is 0.124 e. The van der Waals surface area contributed by atoms with Gasteiger partial charge in [0.2, 0.25) is 0 Å². The summed E-state index contributed by atoms with van der Waals surface area (Å²) in [6, 6.07) is 5.83. The molecule has 1 heterocycles. The summed E-state index contributed by atoms with van der Waals surface area (Å²) in [5.74, 6) is 1.17. The van der Waals surface area contributed by atoms with E-state index < -0.39 is 0 Å². The molecular weight excluding hydrogens is 248 g/mol. The molecule has 0 atom stereocenters. The van der Waals surface area contributed by atoms with E-state index in [1.165, 1.54) is 0 Å². The monoisotopic (exact) mass is 264 g/mol. The van der Waals surface area contributed by atoms with Crippen LogP contribution in [0, 0.1) is 11.3 Å². The summed E-state index contributed by atoms with van der Waals surface area (Å²) in [6.45, 7) is 7.69. The summed E-state index contributed by atoms with van der Waals surface area (Å²) in [5, 5.41) is 9.80. The highest BCUT2D eigenvalue weighted by molar-refractivity contribution is 6.31. The number of hydrogen-bond acceptors (Lipinski definition) is 3. The average Bonchev–Trinajstić information content (AvgIpc) is 2.31. The van der Waals surface area contributed by atoms with Crippen LogP contribution in [0.1, 0.15) is 30.9 Å². The molecule has 0 N–H and O–H groups in total. The highest BCUT2D eigenvalue weighted by atomic mass is 35.5. The van der Waals surface area contributed by atoms with Crippen molar-refractivity contribution in [2.45, 2.75) is 19.8 Å². The molecule has 0 amide bonds. The second kappa shape index (κ2) is 5.60. The molecule has 4 heteroatoms. The maximum atomic E-state index is 9.28. The Morgan fingerprint density at radius 1 is 1.44 bits per heavy atom. The Morgan fingerprint density at radius 3 is 2.72 bits per heavy atom. The van der Waals surface area contributed by atoms with Crippen molar-refractivity contribution < 1.29 is 4.74 Å². The fourth-order valence-corrected chi connectivity index (χ4v) is 2.59. The molecular formula is C14H17ClN2O. The van der Waals surface area contributed by atoms with Crippen LogP contribution in [0.3, 0.4) is 0 Å². The van der Waals surface area contributed by atoms with Crippen molar-refractivity contribution in [1.29, 1.82) is 5.26 Å². The van der Waals surface area contributed by atoms with Gasteiger partial charge in [0.25, 0.3) is 0 Å². The van der Waals surface area contributed by atoms with Crippen molar-refractivity contribution in [2.24, 2.45) is 0 Å². The zero-order valence-electron chi connectivity index (χ0n) is 10.7. The van der Waals surface area contributed by atoms with Crippen LogP contribution >= 0.6 is 11.6 Å². The van der Waals surface area contributed by atoms with Gasteiger partial charge in [0.05, 0.1) is 17.2 Å². The molecule has 0 radical (unpaired) electrons. The van der Waals surface area contributed by atoms with Crippen molar-refractivity contribution in [3.8, 4) is 11.8 Å². The molecule has 18 heavy (non-hydrogen) atoms. The highest BCUT2D eigenvalue weighted by Crippen LogP contribution is 2.38. The fourth-order valence-electron chi connectivity index (χ4n) is 2.38. The number of nitrogens with zero attached hydrogens (tertiary/aromatic N) is 2. The molecule has 1 aromatic rings. The van der Waals surface area contributed by atoms with Gasteiger partial charge in [0.15, 0.2) is 0 Å². The number of rotatable bonds is 4. The Bertz CT molecular complexity index is 475. The Kier molecular flexibility index (Phi) is 4.11. The van der Waals surface area contributed by atoms with Gasteiger partial charge in [0, 0.05) is 24.6 Å². The highest BCUT2D eigenvalue weighted by Gasteiger charge is 2.32. The predicted octanol–water partition coefficient (Wildman–Crippen LogP) is 3.03. The number of benzene rings is 1. The van der Waals surface area contributed by atoms with Crippen molar-refractivity contribution in [3.05, 3.63) is 28.3 Å². The standard InChI is InChI=1S/C14H17ClN2O/c1-3-17-8-10(9-17)14-11(7-16)12(15)5-6-13(14)18-4-2/h5-6,10H,3-4,8-9H2,1-2H3. The van der Waals surface area contributed by atoms with Crippen LogP contribution in [0.15, 0.2) is 12.1 Å². The summed E-state index contributed by atoms with van der Waals surface area (Å²) in [5.41, 5.74) is 1.56. The number of ether oxygens (including phenoxy) is 1. The first-order valence-corrected chi connectivity index (χ1v) is 6.66. The number of halogens is 1. The van der Waals surface area contributed by atoms with Gasteiger partial charge in [-0.1, -0.05) is 18.5 Å². The summed E-state index contributed by atoms with van der Waals surface area (Å²) in [6.07, 6.45) is 0. The minimum Gasteiger partial charge on any atom is -0.494 e. The predicted molar refractivity (Wildman–Crippen MR) is 72.2 cm³/mol. The van der Waals surface area contributed by atoms with Gasteiger partial charge in [-0.25, -0.2) is 0 Å². The van der Waals surface area contributed by atoms with Crippen molar-refractivity contribution >= 4 is 11.6 Å². The number of likely N-dealkylation sites (tertiary alicyclic amines) is 1. The van der Waals surface area contributed by atoms with Gasteiger partial charge < -0.3 is 9.64 Å². The molecule has 1 aromatic carbocycles. The van der Waals surface area contributed by atoms with Gasteiger partial charge in [-0.3, -0.25) is 0 Å². The van der Waals surface area contributed by atoms with E-state index in [4.69, 9.17) is 16.3 Å². The molecule has 0 aliphatic carbocycles. The molecule has 0 spiro atoms. The summed E-state index contributed by atoms with van der Waals surface area (Å²) < 4.78 is 5.63. The van der Waals surface area contributed by atoms with Gasteiger partial charge in [0.1, 0.15) is 11.8 Å². The second-order valence-electron chi connectivity index (χ2n) is 4.43. The smallest absolute Gasteiger partial charge is 0.124 e. The van der Waals surface area contributed by atoms with E-state index in [1.54, 1.807) is 6.07 Å². The summed E-state index contributed by atoms with van der Waals surface area (Å²) in [7, 11) is 0. The molecule has 1 saturated heterocycles. The van der Waals surface area contributed by atoms with Crippen LogP contribution in [-0.2, 0) is 0 Å². The third-order valence-electron chi connectivity index (χ3n) is 3.38. The van der Waals surface area contributed by atoms with Crippen LogP contribution in [0.2, 0.25) is 5.02 Å². The maximum absolute atomic E-state index is 9.28. The Balaban J connectivity index is 2.36. The average molecular weight is 265 g/mol. The quantitative estimate of drug-likeness (QED) is 0.839. The van der Waals surface area contributed by atoms with Crippen LogP contribution < -0.4 is 4.74 Å². The summed E-state index contributed by atoms with van der Waals surface area (Å²) >= 11 is 6.11. The van der Waals surface area contributed by atoms with Crippen LogP contribution in [0.25, 0.3) is 0 Å². The molecule has 1 aliphatic heterocycles. The van der Waals surface area contributed by atoms with E-state index in [0.29, 0.717) is 23.1 Å². The molecule has 96 valence electrons. The lowest BCUT2D eigenvalue weighted by atomic mass is 9.87. The second-order valence-corrected chi connectivity index (χ2v) is 4.84. The third-order valence-corrected chi connectivity index (χ3v) is 3.69. The van der Waals surface area contributed by atoms with Crippen LogP contribution in [-0.4, -0.2) is 31.1 Å². The normalized spacial score (nSPS) is 16.1. The van der Waals surface area contributed by atoms with Crippen molar-refractivity contribution in [1.82, 2.24) is 4.90 Å². The molecule has 1 aliphatic rings. The lowest BCUT2D eigenvalue weighted by Crippen LogP contribution is -2.44. The molecule has 0 bridgehead atoms. The van der Waals surface area contributed by atoms with E-state index in [9.17, 15) is 5.26 Å². The molecule has 3 nitrogen and oxygen atoms in total. The van der Waals surface area contributed by atoms with Crippen molar-refractivity contribution in [3.63, 3.8) is 0 Å². The van der Waals surface area contributed by atoms with Gasteiger partial charge in [-0.05, 0) is 25.6 Å². The molecule has 1 fully saturated rings. The van der Waals surface area contributed by atoms with Crippen LogP contribution in [0.5, 0.6) is 5.75 Å². The number of likely N-dealkylation sites (N-methyl/N-ethyl adjacent to an activating group) is 1. The first kappa shape index (κ1) is 13.2. The Hall–Kier alpha value is -1.24. The molecule has 0 unspecified atom stereocenters. The molecule has 2 rings (SSSR count). The van der Waals surface area contributed by atoms with E-state index in [1.807, 2.05) is 13.0 Å². The van der Waals surface area contributed by atoms with E-state index in [2.05, 4.69) is 17.9 Å². The Morgan fingerprint density at radius 2 is 2.17 bits per heavy atom. The third kappa shape index (κ3) is 2.31. The first-order chi connectivity index (χ1) is 8.71.